The van der Waals surface area contributed by atoms with Crippen molar-refractivity contribution in [1.82, 2.24) is 0 Å². The first kappa shape index (κ1) is 14.0. The van der Waals surface area contributed by atoms with Crippen LogP contribution < -0.4 is 10.3 Å². The molecule has 0 unspecified atom stereocenters. The smallest absolute Gasteiger partial charge is 0.193 e. The second-order valence-electron chi connectivity index (χ2n) is 5.62. The van der Waals surface area contributed by atoms with Gasteiger partial charge in [0.1, 0.15) is 11.3 Å². The van der Waals surface area contributed by atoms with Crippen molar-refractivity contribution in [3.8, 4) is 11.3 Å². The van der Waals surface area contributed by atoms with Gasteiger partial charge in [0.05, 0.1) is 18.6 Å². The maximum Gasteiger partial charge on any atom is 0.193 e. The number of hydrogen-bond donors (Lipinski definition) is 0. The summed E-state index contributed by atoms with van der Waals surface area (Å²) in [5.41, 5.74) is 2.55. The molecule has 4 nitrogen and oxygen atoms in total. The lowest BCUT2D eigenvalue weighted by atomic mass is 10.1. The van der Waals surface area contributed by atoms with Gasteiger partial charge >= 0.3 is 0 Å². The van der Waals surface area contributed by atoms with Crippen LogP contribution in [0.3, 0.4) is 0 Å². The molecule has 0 atom stereocenters. The number of anilines is 1. The molecular weight excluding hydrogens is 290 g/mol. The van der Waals surface area contributed by atoms with Crippen molar-refractivity contribution in [3.63, 3.8) is 0 Å². The van der Waals surface area contributed by atoms with Crippen LogP contribution in [0.1, 0.15) is 0 Å². The molecular formula is C19H17NO3. The Hall–Kier alpha value is -2.59. The molecule has 1 aromatic heterocycles. The van der Waals surface area contributed by atoms with Crippen molar-refractivity contribution in [2.75, 3.05) is 31.2 Å². The zero-order chi connectivity index (χ0) is 15.6. The van der Waals surface area contributed by atoms with Crippen LogP contribution in [-0.4, -0.2) is 26.3 Å². The van der Waals surface area contributed by atoms with E-state index in [0.717, 1.165) is 37.6 Å². The third kappa shape index (κ3) is 2.73. The fourth-order valence-electron chi connectivity index (χ4n) is 2.91. The first-order valence-electron chi connectivity index (χ1n) is 7.77. The van der Waals surface area contributed by atoms with E-state index in [1.54, 1.807) is 6.07 Å². The van der Waals surface area contributed by atoms with Crippen LogP contribution >= 0.6 is 0 Å². The molecule has 0 saturated carbocycles. The Balaban J connectivity index is 1.78. The number of hydrogen-bond acceptors (Lipinski definition) is 4. The lowest BCUT2D eigenvalue weighted by Gasteiger charge is -2.28. The zero-order valence-electron chi connectivity index (χ0n) is 12.7. The maximum absolute atomic E-state index is 12.5. The fourth-order valence-corrected chi connectivity index (χ4v) is 2.91. The van der Waals surface area contributed by atoms with Crippen LogP contribution in [0, 0.1) is 0 Å². The van der Waals surface area contributed by atoms with E-state index in [9.17, 15) is 4.79 Å². The van der Waals surface area contributed by atoms with Gasteiger partial charge < -0.3 is 14.1 Å². The van der Waals surface area contributed by atoms with E-state index in [-0.39, 0.29) is 5.43 Å². The van der Waals surface area contributed by atoms with Crippen molar-refractivity contribution in [2.24, 2.45) is 0 Å². The molecule has 0 radical (unpaired) electrons. The zero-order valence-corrected chi connectivity index (χ0v) is 12.7. The van der Waals surface area contributed by atoms with Crippen molar-refractivity contribution >= 4 is 16.7 Å². The molecule has 0 amide bonds. The van der Waals surface area contributed by atoms with Crippen LogP contribution in [0.5, 0.6) is 0 Å². The summed E-state index contributed by atoms with van der Waals surface area (Å²) in [6.07, 6.45) is 0. The summed E-state index contributed by atoms with van der Waals surface area (Å²) in [6.45, 7) is 3.14. The monoisotopic (exact) mass is 307 g/mol. The number of benzene rings is 2. The molecule has 2 heterocycles. The van der Waals surface area contributed by atoms with Gasteiger partial charge in [-0.3, -0.25) is 4.79 Å². The Bertz CT molecular complexity index is 880. The van der Waals surface area contributed by atoms with Gasteiger partial charge in [0.2, 0.25) is 0 Å². The summed E-state index contributed by atoms with van der Waals surface area (Å²) in [5.74, 6) is 0.599. The predicted molar refractivity (Wildman–Crippen MR) is 91.0 cm³/mol. The molecule has 4 rings (SSSR count). The molecule has 23 heavy (non-hydrogen) atoms. The van der Waals surface area contributed by atoms with Gasteiger partial charge in [-0.1, -0.05) is 30.3 Å². The third-order valence-electron chi connectivity index (χ3n) is 4.15. The number of morpholine rings is 1. The SMILES string of the molecule is O=c1cc(-c2ccccc2)oc2ccc(N3CCOCC3)cc12. The molecule has 116 valence electrons. The average molecular weight is 307 g/mol. The molecule has 1 aliphatic rings. The van der Waals surface area contributed by atoms with Gasteiger partial charge in [-0.05, 0) is 18.2 Å². The first-order valence-corrected chi connectivity index (χ1v) is 7.77. The Kier molecular flexibility index (Phi) is 3.60. The molecule has 0 aliphatic carbocycles. The molecule has 1 fully saturated rings. The third-order valence-corrected chi connectivity index (χ3v) is 4.15. The van der Waals surface area contributed by atoms with Gasteiger partial charge in [-0.15, -0.1) is 0 Å². The average Bonchev–Trinajstić information content (AvgIpc) is 2.63. The van der Waals surface area contributed by atoms with E-state index in [2.05, 4.69) is 4.90 Å². The standard InChI is InChI=1S/C19H17NO3/c21-17-13-19(14-4-2-1-3-5-14)23-18-7-6-15(12-16(17)18)20-8-10-22-11-9-20/h1-7,12-13H,8-11H2. The number of ether oxygens (including phenoxy) is 1. The molecule has 0 bridgehead atoms. The molecule has 2 aromatic carbocycles. The highest BCUT2D eigenvalue weighted by molar-refractivity contribution is 5.82. The molecule has 3 aromatic rings. The maximum atomic E-state index is 12.5. The quantitative estimate of drug-likeness (QED) is 0.728. The molecule has 1 aliphatic heterocycles. The van der Waals surface area contributed by atoms with Crippen molar-refractivity contribution in [2.45, 2.75) is 0 Å². The summed E-state index contributed by atoms with van der Waals surface area (Å²) in [7, 11) is 0. The summed E-state index contributed by atoms with van der Waals surface area (Å²) in [5, 5.41) is 0.619. The summed E-state index contributed by atoms with van der Waals surface area (Å²) >= 11 is 0. The van der Waals surface area contributed by atoms with E-state index < -0.39 is 0 Å². The van der Waals surface area contributed by atoms with Gasteiger partial charge in [-0.2, -0.15) is 0 Å². The Morgan fingerprint density at radius 3 is 2.48 bits per heavy atom. The number of nitrogens with zero attached hydrogens (tertiary/aromatic N) is 1. The van der Waals surface area contributed by atoms with Crippen LogP contribution in [0.4, 0.5) is 5.69 Å². The molecule has 1 saturated heterocycles. The summed E-state index contributed by atoms with van der Waals surface area (Å²) in [6, 6.07) is 17.1. The highest BCUT2D eigenvalue weighted by Gasteiger charge is 2.13. The van der Waals surface area contributed by atoms with E-state index in [1.165, 1.54) is 0 Å². The Labute approximate surface area is 133 Å². The molecule has 4 heteroatoms. The van der Waals surface area contributed by atoms with Crippen LogP contribution in [0.25, 0.3) is 22.3 Å². The van der Waals surface area contributed by atoms with E-state index in [4.69, 9.17) is 9.15 Å². The normalized spacial score (nSPS) is 15.0. The molecule has 0 spiro atoms. The first-order chi connectivity index (χ1) is 11.3. The number of fused-ring (bicyclic) bond motifs is 1. The van der Waals surface area contributed by atoms with Crippen LogP contribution in [0.15, 0.2) is 63.8 Å². The van der Waals surface area contributed by atoms with E-state index in [0.29, 0.717) is 16.7 Å². The van der Waals surface area contributed by atoms with Crippen molar-refractivity contribution in [1.29, 1.82) is 0 Å². The van der Waals surface area contributed by atoms with Crippen LogP contribution in [0.2, 0.25) is 0 Å². The second-order valence-corrected chi connectivity index (χ2v) is 5.62. The minimum atomic E-state index is -0.0137. The Morgan fingerprint density at radius 2 is 1.70 bits per heavy atom. The van der Waals surface area contributed by atoms with E-state index >= 15 is 0 Å². The van der Waals surface area contributed by atoms with Gasteiger partial charge in [0, 0.05) is 30.4 Å². The summed E-state index contributed by atoms with van der Waals surface area (Å²) in [4.78, 5) is 14.7. The number of rotatable bonds is 2. The highest BCUT2D eigenvalue weighted by atomic mass is 16.5. The lowest BCUT2D eigenvalue weighted by molar-refractivity contribution is 0.122. The van der Waals surface area contributed by atoms with Gasteiger partial charge in [0.15, 0.2) is 5.43 Å². The fraction of sp³-hybridized carbons (Fsp3) is 0.211. The minimum absolute atomic E-state index is 0.0137. The second kappa shape index (κ2) is 5.89. The van der Waals surface area contributed by atoms with Crippen molar-refractivity contribution < 1.29 is 9.15 Å². The van der Waals surface area contributed by atoms with Crippen molar-refractivity contribution in [3.05, 3.63) is 64.8 Å². The largest absolute Gasteiger partial charge is 0.456 e. The van der Waals surface area contributed by atoms with Gasteiger partial charge in [-0.25, -0.2) is 0 Å². The van der Waals surface area contributed by atoms with E-state index in [1.807, 2.05) is 48.5 Å². The van der Waals surface area contributed by atoms with Gasteiger partial charge in [0.25, 0.3) is 0 Å². The summed E-state index contributed by atoms with van der Waals surface area (Å²) < 4.78 is 11.3. The predicted octanol–water partition coefficient (Wildman–Crippen LogP) is 3.30. The Morgan fingerprint density at radius 1 is 0.913 bits per heavy atom. The minimum Gasteiger partial charge on any atom is -0.456 e. The molecule has 0 N–H and O–H groups in total. The lowest BCUT2D eigenvalue weighted by Crippen LogP contribution is -2.36. The van der Waals surface area contributed by atoms with Crippen LogP contribution in [-0.2, 0) is 4.74 Å². The topological polar surface area (TPSA) is 42.7 Å². The highest BCUT2D eigenvalue weighted by Crippen LogP contribution is 2.25.